The van der Waals surface area contributed by atoms with Crippen molar-refractivity contribution >= 4 is 11.0 Å². The maximum Gasteiger partial charge on any atom is 0.276 e. The van der Waals surface area contributed by atoms with Crippen molar-refractivity contribution < 1.29 is 9.47 Å². The maximum absolute atomic E-state index is 12.0. The van der Waals surface area contributed by atoms with Crippen molar-refractivity contribution in [3.8, 4) is 0 Å². The smallest absolute Gasteiger partial charge is 0.276 e. The van der Waals surface area contributed by atoms with E-state index in [1.54, 1.807) is 12.5 Å². The largest absolute Gasteiger partial charge is 0.381 e. The summed E-state index contributed by atoms with van der Waals surface area (Å²) in [4.78, 5) is 21.5. The van der Waals surface area contributed by atoms with E-state index in [9.17, 15) is 4.79 Å². The Labute approximate surface area is 183 Å². The molecular weight excluding hydrogens is 392 g/mol. The molecule has 2 aromatic heterocycles. The van der Waals surface area contributed by atoms with E-state index in [4.69, 9.17) is 9.47 Å². The molecule has 3 heterocycles. The van der Waals surface area contributed by atoms with E-state index < -0.39 is 0 Å². The number of hydrogen-bond donors (Lipinski definition) is 1. The summed E-state index contributed by atoms with van der Waals surface area (Å²) in [5.41, 5.74) is 2.47. The van der Waals surface area contributed by atoms with Gasteiger partial charge in [-0.2, -0.15) is 0 Å². The van der Waals surface area contributed by atoms with Crippen LogP contribution in [-0.2, 0) is 9.47 Å². The predicted molar refractivity (Wildman–Crippen MR) is 121 cm³/mol. The van der Waals surface area contributed by atoms with Crippen LogP contribution in [0, 0.1) is 5.92 Å². The van der Waals surface area contributed by atoms with E-state index in [1.165, 1.54) is 5.56 Å². The molecule has 7 nitrogen and oxygen atoms in total. The number of ether oxygens (including phenoxy) is 2. The normalized spacial score (nSPS) is 17.7. The molecule has 166 valence electrons. The number of hydrogen-bond acceptors (Lipinski definition) is 5. The Balaban J connectivity index is 1.44. The topological polar surface area (TPSA) is 72.4 Å². The highest BCUT2D eigenvalue weighted by atomic mass is 16.5. The molecule has 1 saturated heterocycles. The van der Waals surface area contributed by atoms with E-state index in [0.29, 0.717) is 30.7 Å². The van der Waals surface area contributed by atoms with Crippen LogP contribution < -0.4 is 5.56 Å². The van der Waals surface area contributed by atoms with Gasteiger partial charge in [-0.15, -0.1) is 0 Å². The minimum absolute atomic E-state index is 0.0615. The van der Waals surface area contributed by atoms with Crippen LogP contribution in [0.25, 0.3) is 11.0 Å². The van der Waals surface area contributed by atoms with Crippen molar-refractivity contribution in [2.45, 2.75) is 39.0 Å². The molecule has 2 unspecified atom stereocenters. The third-order valence-electron chi connectivity index (χ3n) is 5.96. The second-order valence-electron chi connectivity index (χ2n) is 8.32. The number of imidazole rings is 1. The number of aromatic nitrogens is 3. The Morgan fingerprint density at radius 2 is 1.94 bits per heavy atom. The molecule has 0 aliphatic carbocycles. The first-order valence-corrected chi connectivity index (χ1v) is 11.2. The summed E-state index contributed by atoms with van der Waals surface area (Å²) in [7, 11) is 0. The number of likely N-dealkylation sites (tertiary alicyclic amines) is 1. The number of pyridine rings is 1. The first kappa shape index (κ1) is 21.7. The van der Waals surface area contributed by atoms with Gasteiger partial charge >= 0.3 is 0 Å². The van der Waals surface area contributed by atoms with Crippen LogP contribution >= 0.6 is 0 Å². The number of aromatic amines is 1. The fourth-order valence-electron chi connectivity index (χ4n) is 4.32. The zero-order valence-corrected chi connectivity index (χ0v) is 18.4. The second-order valence-corrected chi connectivity index (χ2v) is 8.32. The van der Waals surface area contributed by atoms with E-state index in [0.717, 1.165) is 38.1 Å². The lowest BCUT2D eigenvalue weighted by molar-refractivity contribution is -0.0900. The van der Waals surface area contributed by atoms with Crippen molar-refractivity contribution in [2.75, 3.05) is 32.9 Å². The fourth-order valence-corrected chi connectivity index (χ4v) is 4.32. The van der Waals surface area contributed by atoms with Crippen LogP contribution in [0.2, 0.25) is 0 Å². The number of piperidine rings is 1. The van der Waals surface area contributed by atoms with Crippen LogP contribution in [0.1, 0.15) is 44.5 Å². The van der Waals surface area contributed by atoms with Crippen LogP contribution in [0.3, 0.4) is 0 Å². The maximum atomic E-state index is 12.0. The van der Waals surface area contributed by atoms with Crippen molar-refractivity contribution in [2.24, 2.45) is 5.92 Å². The average molecular weight is 425 g/mol. The minimum Gasteiger partial charge on any atom is -0.381 e. The summed E-state index contributed by atoms with van der Waals surface area (Å²) in [5.74, 6) is 0.346. The Kier molecular flexibility index (Phi) is 7.17. The molecule has 0 spiro atoms. The summed E-state index contributed by atoms with van der Waals surface area (Å²) in [6.45, 7) is 8.13. The highest BCUT2D eigenvalue weighted by molar-refractivity contribution is 5.73. The molecule has 4 rings (SSSR count). The molecule has 0 saturated carbocycles. The van der Waals surface area contributed by atoms with Gasteiger partial charge in [0.25, 0.3) is 5.56 Å². The quantitative estimate of drug-likeness (QED) is 0.566. The van der Waals surface area contributed by atoms with Gasteiger partial charge in [0, 0.05) is 37.9 Å². The van der Waals surface area contributed by atoms with E-state index >= 15 is 0 Å². The highest BCUT2D eigenvalue weighted by Crippen LogP contribution is 2.31. The molecule has 1 aliphatic rings. The van der Waals surface area contributed by atoms with Gasteiger partial charge in [-0.25, -0.2) is 4.98 Å². The van der Waals surface area contributed by atoms with Gasteiger partial charge in [0.1, 0.15) is 6.23 Å². The van der Waals surface area contributed by atoms with Crippen LogP contribution in [-0.4, -0.2) is 52.3 Å². The number of nitrogens with zero attached hydrogens (tertiary/aromatic N) is 3. The molecule has 0 bridgehead atoms. The molecule has 1 aliphatic heterocycles. The Bertz CT molecular complexity index is 1010. The Morgan fingerprint density at radius 3 is 2.68 bits per heavy atom. The summed E-state index contributed by atoms with van der Waals surface area (Å²) < 4.78 is 14.1. The minimum atomic E-state index is -0.132. The van der Waals surface area contributed by atoms with E-state index in [2.05, 4.69) is 50.6 Å². The lowest BCUT2D eigenvalue weighted by atomic mass is 10.0. The molecule has 7 heteroatoms. The molecule has 3 aromatic rings. The summed E-state index contributed by atoms with van der Waals surface area (Å²) in [6, 6.07) is 12.7. The molecular formula is C24H32N4O3. The summed E-state index contributed by atoms with van der Waals surface area (Å²) in [6.07, 6.45) is 5.41. The van der Waals surface area contributed by atoms with Gasteiger partial charge in [0.05, 0.1) is 25.1 Å². The monoisotopic (exact) mass is 424 g/mol. The lowest BCUT2D eigenvalue weighted by Crippen LogP contribution is -2.39. The van der Waals surface area contributed by atoms with E-state index in [1.807, 2.05) is 19.1 Å². The Hall–Kier alpha value is -2.48. The molecule has 31 heavy (non-hydrogen) atoms. The molecule has 1 N–H and O–H groups in total. The molecule has 2 atom stereocenters. The first-order chi connectivity index (χ1) is 15.2. The zero-order chi connectivity index (χ0) is 21.6. The fraction of sp³-hybridized carbons (Fsp3) is 0.500. The third-order valence-corrected chi connectivity index (χ3v) is 5.96. The van der Waals surface area contributed by atoms with Gasteiger partial charge in [-0.3, -0.25) is 9.69 Å². The lowest BCUT2D eigenvalue weighted by Gasteiger charge is -2.38. The average Bonchev–Trinajstić information content (AvgIpc) is 3.24. The third kappa shape index (κ3) is 5.06. The summed E-state index contributed by atoms with van der Waals surface area (Å²) in [5, 5.41) is 0. The van der Waals surface area contributed by atoms with Crippen molar-refractivity contribution in [1.29, 1.82) is 0 Å². The van der Waals surface area contributed by atoms with Crippen molar-refractivity contribution in [3.63, 3.8) is 0 Å². The molecule has 0 amide bonds. The van der Waals surface area contributed by atoms with Gasteiger partial charge in [-0.1, -0.05) is 37.3 Å². The van der Waals surface area contributed by atoms with Crippen LogP contribution in [0.5, 0.6) is 0 Å². The molecule has 1 fully saturated rings. The standard InChI is InChI=1S/C24H32N4O3/c1-3-30-15-18(2)16-31-24(19-7-5-4-6-8-19)27-13-10-20(11-14-27)28-17-26-22-21(28)9-12-25-23(22)29/h4-9,12,17-18,20,24H,3,10-11,13-16H2,1-2H3,(H,25,29). The van der Waals surface area contributed by atoms with Crippen molar-refractivity contribution in [3.05, 3.63) is 64.8 Å². The zero-order valence-electron chi connectivity index (χ0n) is 18.4. The SMILES string of the molecule is CCOCC(C)COC(c1ccccc1)N1CCC(n2cnc3c(=O)[nH]ccc32)CC1. The number of nitrogens with one attached hydrogen (secondary N) is 1. The van der Waals surface area contributed by atoms with Gasteiger partial charge < -0.3 is 19.0 Å². The number of fused-ring (bicyclic) bond motifs is 1. The molecule has 0 radical (unpaired) electrons. The van der Waals surface area contributed by atoms with Crippen molar-refractivity contribution in [1.82, 2.24) is 19.4 Å². The highest BCUT2D eigenvalue weighted by Gasteiger charge is 2.28. The van der Waals surface area contributed by atoms with E-state index in [-0.39, 0.29) is 11.8 Å². The summed E-state index contributed by atoms with van der Waals surface area (Å²) >= 11 is 0. The van der Waals surface area contributed by atoms with Gasteiger partial charge in [0.15, 0.2) is 5.52 Å². The van der Waals surface area contributed by atoms with Gasteiger partial charge in [-0.05, 0) is 31.4 Å². The van der Waals surface area contributed by atoms with Crippen LogP contribution in [0.15, 0.2) is 53.7 Å². The predicted octanol–water partition coefficient (Wildman–Crippen LogP) is 3.75. The number of rotatable bonds is 9. The Morgan fingerprint density at radius 1 is 1.16 bits per heavy atom. The molecule has 1 aromatic carbocycles. The number of benzene rings is 1. The number of H-pyrrole nitrogens is 1. The van der Waals surface area contributed by atoms with Crippen LogP contribution in [0.4, 0.5) is 0 Å². The second kappa shape index (κ2) is 10.2. The van der Waals surface area contributed by atoms with Gasteiger partial charge in [0.2, 0.25) is 0 Å². The first-order valence-electron chi connectivity index (χ1n) is 11.2.